The predicted molar refractivity (Wildman–Crippen MR) is 81.4 cm³/mol. The first-order valence-corrected chi connectivity index (χ1v) is 7.78. The van der Waals surface area contributed by atoms with E-state index in [1.807, 2.05) is 6.07 Å². The molecule has 0 bridgehead atoms. The summed E-state index contributed by atoms with van der Waals surface area (Å²) >= 11 is 6.06. The van der Waals surface area contributed by atoms with Crippen molar-refractivity contribution in [3.8, 4) is 0 Å². The third kappa shape index (κ3) is 3.81. The molecule has 1 aliphatic heterocycles. The molecule has 0 radical (unpaired) electrons. The smallest absolute Gasteiger partial charge is 0.135 e. The zero-order valence-electron chi connectivity index (χ0n) is 12.0. The summed E-state index contributed by atoms with van der Waals surface area (Å²) in [6, 6.07) is 1.82. The number of nitrogens with one attached hydrogen (secondary N) is 1. The molecule has 1 N–H and O–H groups in total. The Kier molecular flexibility index (Phi) is 4.38. The van der Waals surface area contributed by atoms with Crippen molar-refractivity contribution >= 4 is 17.4 Å². The molecule has 2 fully saturated rings. The minimum absolute atomic E-state index is 0.534. The van der Waals surface area contributed by atoms with E-state index in [4.69, 9.17) is 11.6 Å². The second-order valence-corrected chi connectivity index (χ2v) is 6.17. The fourth-order valence-corrected chi connectivity index (χ4v) is 2.65. The van der Waals surface area contributed by atoms with Gasteiger partial charge in [-0.05, 0) is 19.9 Å². The van der Waals surface area contributed by atoms with Crippen molar-refractivity contribution in [1.29, 1.82) is 0 Å². The molecule has 110 valence electrons. The Morgan fingerprint density at radius 3 is 2.70 bits per heavy atom. The maximum absolute atomic E-state index is 6.06. The van der Waals surface area contributed by atoms with Crippen molar-refractivity contribution in [1.82, 2.24) is 19.8 Å². The van der Waals surface area contributed by atoms with Crippen LogP contribution in [0.1, 0.15) is 24.6 Å². The molecule has 0 amide bonds. The number of halogens is 1. The van der Waals surface area contributed by atoms with Crippen molar-refractivity contribution < 1.29 is 0 Å². The number of nitrogens with zero attached hydrogens (tertiary/aromatic N) is 4. The predicted octanol–water partition coefficient (Wildman–Crippen LogP) is 1.67. The van der Waals surface area contributed by atoms with Crippen LogP contribution in [0.25, 0.3) is 0 Å². The first kappa shape index (κ1) is 14.0. The summed E-state index contributed by atoms with van der Waals surface area (Å²) in [4.78, 5) is 13.7. The Bertz CT molecular complexity index is 455. The number of rotatable bonds is 5. The van der Waals surface area contributed by atoms with E-state index in [0.717, 1.165) is 50.9 Å². The number of aromatic nitrogens is 2. The van der Waals surface area contributed by atoms with Gasteiger partial charge in [0.05, 0.1) is 0 Å². The Morgan fingerprint density at radius 2 is 2.00 bits per heavy atom. The summed E-state index contributed by atoms with van der Waals surface area (Å²) in [6.07, 6.45) is 2.39. The third-order valence-corrected chi connectivity index (χ3v) is 4.18. The van der Waals surface area contributed by atoms with Crippen LogP contribution in [0.3, 0.4) is 0 Å². The van der Waals surface area contributed by atoms with Crippen LogP contribution >= 0.6 is 11.6 Å². The Hall–Kier alpha value is -0.910. The van der Waals surface area contributed by atoms with Crippen LogP contribution in [-0.4, -0.2) is 66.1 Å². The van der Waals surface area contributed by atoms with Gasteiger partial charge in [-0.25, -0.2) is 9.97 Å². The first-order chi connectivity index (χ1) is 9.70. The molecule has 5 nitrogen and oxygen atoms in total. The molecule has 1 saturated carbocycles. The minimum Gasteiger partial charge on any atom is -0.369 e. The van der Waals surface area contributed by atoms with Gasteiger partial charge in [0.25, 0.3) is 0 Å². The quantitative estimate of drug-likeness (QED) is 0.837. The number of anilines is 1. The Balaban J connectivity index is 1.48. The van der Waals surface area contributed by atoms with Crippen LogP contribution in [-0.2, 0) is 0 Å². The molecule has 3 rings (SSSR count). The van der Waals surface area contributed by atoms with Crippen LogP contribution < -0.4 is 5.32 Å². The highest BCUT2D eigenvalue weighted by molar-refractivity contribution is 6.29. The monoisotopic (exact) mass is 295 g/mol. The van der Waals surface area contributed by atoms with Gasteiger partial charge in [0.15, 0.2) is 0 Å². The highest BCUT2D eigenvalue weighted by atomic mass is 35.5. The first-order valence-electron chi connectivity index (χ1n) is 7.40. The van der Waals surface area contributed by atoms with Gasteiger partial charge in [-0.15, -0.1) is 0 Å². The summed E-state index contributed by atoms with van der Waals surface area (Å²) in [7, 11) is 2.18. The van der Waals surface area contributed by atoms with Crippen LogP contribution in [0.5, 0.6) is 0 Å². The molecule has 6 heteroatoms. The summed E-state index contributed by atoms with van der Waals surface area (Å²) in [5.41, 5.74) is 0. The fraction of sp³-hybridized carbons (Fsp3) is 0.714. The standard InChI is InChI=1S/C14H22ClN5/c1-19-6-8-20(9-7-19)5-4-16-13-10-12(15)17-14(18-13)11-2-3-11/h10-11H,2-9H2,1H3,(H,16,17,18). The molecule has 20 heavy (non-hydrogen) atoms. The molecule has 1 aliphatic carbocycles. The molecule has 1 aromatic heterocycles. The highest BCUT2D eigenvalue weighted by Crippen LogP contribution is 2.38. The van der Waals surface area contributed by atoms with E-state index in [0.29, 0.717) is 11.1 Å². The van der Waals surface area contributed by atoms with Crippen molar-refractivity contribution in [2.75, 3.05) is 51.6 Å². The molecule has 2 heterocycles. The lowest BCUT2D eigenvalue weighted by atomic mass is 10.3. The van der Waals surface area contributed by atoms with Gasteiger partial charge in [0.2, 0.25) is 0 Å². The number of piperazine rings is 1. The molecular weight excluding hydrogens is 274 g/mol. The van der Waals surface area contributed by atoms with Crippen LogP contribution in [0.15, 0.2) is 6.07 Å². The number of hydrogen-bond acceptors (Lipinski definition) is 5. The normalized spacial score (nSPS) is 21.1. The largest absolute Gasteiger partial charge is 0.369 e. The number of hydrogen-bond donors (Lipinski definition) is 1. The zero-order chi connectivity index (χ0) is 13.9. The second-order valence-electron chi connectivity index (χ2n) is 5.78. The molecule has 0 spiro atoms. The van der Waals surface area contributed by atoms with Crippen LogP contribution in [0.2, 0.25) is 5.15 Å². The molecule has 1 saturated heterocycles. The van der Waals surface area contributed by atoms with Gasteiger partial charge in [-0.3, -0.25) is 4.90 Å². The summed E-state index contributed by atoms with van der Waals surface area (Å²) < 4.78 is 0. The summed E-state index contributed by atoms with van der Waals surface area (Å²) in [6.45, 7) is 6.57. The van der Waals surface area contributed by atoms with E-state index in [-0.39, 0.29) is 0 Å². The topological polar surface area (TPSA) is 44.3 Å². The van der Waals surface area contributed by atoms with Gasteiger partial charge in [0, 0.05) is 51.3 Å². The molecule has 2 aliphatic rings. The molecule has 0 unspecified atom stereocenters. The van der Waals surface area contributed by atoms with Crippen molar-refractivity contribution in [3.63, 3.8) is 0 Å². The van der Waals surface area contributed by atoms with Gasteiger partial charge >= 0.3 is 0 Å². The number of likely N-dealkylation sites (N-methyl/N-ethyl adjacent to an activating group) is 1. The molecule has 0 atom stereocenters. The maximum atomic E-state index is 6.06. The second kappa shape index (κ2) is 6.24. The van der Waals surface area contributed by atoms with E-state index in [2.05, 4.69) is 32.1 Å². The Labute approximate surface area is 125 Å². The van der Waals surface area contributed by atoms with Crippen LogP contribution in [0, 0.1) is 0 Å². The Morgan fingerprint density at radius 1 is 1.25 bits per heavy atom. The lowest BCUT2D eigenvalue weighted by Crippen LogP contribution is -2.45. The third-order valence-electron chi connectivity index (χ3n) is 3.98. The summed E-state index contributed by atoms with van der Waals surface area (Å²) in [5, 5.41) is 3.92. The van der Waals surface area contributed by atoms with E-state index < -0.39 is 0 Å². The molecular formula is C14H22ClN5. The van der Waals surface area contributed by atoms with Crippen molar-refractivity contribution in [3.05, 3.63) is 17.0 Å². The van der Waals surface area contributed by atoms with Crippen LogP contribution in [0.4, 0.5) is 5.82 Å². The molecule has 1 aromatic rings. The fourth-order valence-electron chi connectivity index (χ4n) is 2.46. The average molecular weight is 296 g/mol. The average Bonchev–Trinajstić information content (AvgIpc) is 3.25. The van der Waals surface area contributed by atoms with Gasteiger partial charge in [-0.1, -0.05) is 11.6 Å². The summed E-state index contributed by atoms with van der Waals surface area (Å²) in [5.74, 6) is 2.30. The maximum Gasteiger partial charge on any atom is 0.135 e. The van der Waals surface area contributed by atoms with Crippen molar-refractivity contribution in [2.45, 2.75) is 18.8 Å². The lowest BCUT2D eigenvalue weighted by molar-refractivity contribution is 0.158. The lowest BCUT2D eigenvalue weighted by Gasteiger charge is -2.32. The SMILES string of the molecule is CN1CCN(CCNc2cc(Cl)nc(C3CC3)n2)CC1. The van der Waals surface area contributed by atoms with E-state index in [1.54, 1.807) is 0 Å². The van der Waals surface area contributed by atoms with Gasteiger partial charge in [0.1, 0.15) is 16.8 Å². The van der Waals surface area contributed by atoms with Gasteiger partial charge < -0.3 is 10.2 Å². The van der Waals surface area contributed by atoms with Crippen molar-refractivity contribution in [2.24, 2.45) is 0 Å². The zero-order valence-corrected chi connectivity index (χ0v) is 12.7. The van der Waals surface area contributed by atoms with E-state index in [1.165, 1.54) is 12.8 Å². The minimum atomic E-state index is 0.534. The molecule has 0 aromatic carbocycles. The highest BCUT2D eigenvalue weighted by Gasteiger charge is 2.27. The van der Waals surface area contributed by atoms with E-state index >= 15 is 0 Å². The van der Waals surface area contributed by atoms with Gasteiger partial charge in [-0.2, -0.15) is 0 Å². The van der Waals surface area contributed by atoms with E-state index in [9.17, 15) is 0 Å².